The van der Waals surface area contributed by atoms with Gasteiger partial charge in [-0.3, -0.25) is 0 Å². The minimum atomic E-state index is -0.928. The van der Waals surface area contributed by atoms with Crippen LogP contribution in [-0.4, -0.2) is 40.3 Å². The summed E-state index contributed by atoms with van der Waals surface area (Å²) in [4.78, 5) is 11.0. The van der Waals surface area contributed by atoms with Crippen molar-refractivity contribution in [1.82, 2.24) is 20.3 Å². The third-order valence-electron chi connectivity index (χ3n) is 3.18. The van der Waals surface area contributed by atoms with Crippen molar-refractivity contribution >= 4 is 40.1 Å². The van der Waals surface area contributed by atoms with Gasteiger partial charge in [0, 0.05) is 12.7 Å². The summed E-state index contributed by atoms with van der Waals surface area (Å²) < 4.78 is 13.8. The molecule has 2 aromatic heterocycles. The molecule has 19 heavy (non-hydrogen) atoms. The number of hydrogen-bond donors (Lipinski definition) is 3. The van der Waals surface area contributed by atoms with Crippen LogP contribution in [0.1, 0.15) is 6.42 Å². The van der Waals surface area contributed by atoms with Crippen molar-refractivity contribution in [2.45, 2.75) is 18.6 Å². The van der Waals surface area contributed by atoms with Crippen LogP contribution in [0.25, 0.3) is 11.0 Å². The highest BCUT2D eigenvalue weighted by Crippen LogP contribution is 2.30. The predicted molar refractivity (Wildman–Crippen MR) is 73.7 cm³/mol. The lowest BCUT2D eigenvalue weighted by atomic mass is 10.1. The molecule has 1 saturated heterocycles. The Kier molecular flexibility index (Phi) is 3.47. The SMILES string of the molecule is F[C@@H]1CCNC[C@@H]1Nc1nc(Cl)nc2[nH]cc(Cl)c12. The van der Waals surface area contributed by atoms with E-state index in [1.54, 1.807) is 6.20 Å². The van der Waals surface area contributed by atoms with E-state index in [1.807, 2.05) is 0 Å². The topological polar surface area (TPSA) is 65.6 Å². The fraction of sp³-hybridized carbons (Fsp3) is 0.455. The number of halogens is 3. The van der Waals surface area contributed by atoms with Gasteiger partial charge in [0.25, 0.3) is 0 Å². The highest BCUT2D eigenvalue weighted by molar-refractivity contribution is 6.36. The first-order chi connectivity index (χ1) is 9.15. The van der Waals surface area contributed by atoms with Gasteiger partial charge in [0.15, 0.2) is 0 Å². The number of aromatic nitrogens is 3. The molecule has 0 amide bonds. The second kappa shape index (κ2) is 5.11. The molecule has 0 radical (unpaired) electrons. The maximum absolute atomic E-state index is 13.8. The van der Waals surface area contributed by atoms with E-state index in [0.29, 0.717) is 41.4 Å². The Morgan fingerprint density at radius 2 is 2.21 bits per heavy atom. The zero-order chi connectivity index (χ0) is 13.4. The molecule has 0 aromatic carbocycles. The first-order valence-corrected chi connectivity index (χ1v) is 6.72. The van der Waals surface area contributed by atoms with Crippen LogP contribution in [0.5, 0.6) is 0 Å². The van der Waals surface area contributed by atoms with Crippen LogP contribution in [0.4, 0.5) is 10.2 Å². The summed E-state index contributed by atoms with van der Waals surface area (Å²) in [6.07, 6.45) is 1.15. The monoisotopic (exact) mass is 303 g/mol. The van der Waals surface area contributed by atoms with Gasteiger partial charge >= 0.3 is 0 Å². The molecule has 0 bridgehead atoms. The van der Waals surface area contributed by atoms with Gasteiger partial charge < -0.3 is 15.6 Å². The third kappa shape index (κ3) is 2.48. The summed E-state index contributed by atoms with van der Waals surface area (Å²) in [5, 5.41) is 7.40. The lowest BCUT2D eigenvalue weighted by Crippen LogP contribution is -2.46. The number of rotatable bonds is 2. The van der Waals surface area contributed by atoms with Crippen molar-refractivity contribution in [1.29, 1.82) is 0 Å². The molecule has 0 saturated carbocycles. The maximum atomic E-state index is 13.8. The van der Waals surface area contributed by atoms with Gasteiger partial charge in [0.1, 0.15) is 17.6 Å². The number of nitrogens with one attached hydrogen (secondary N) is 3. The average molecular weight is 304 g/mol. The predicted octanol–water partition coefficient (Wildman–Crippen LogP) is 2.38. The van der Waals surface area contributed by atoms with Crippen molar-refractivity contribution in [3.63, 3.8) is 0 Å². The van der Waals surface area contributed by atoms with Gasteiger partial charge in [-0.1, -0.05) is 11.6 Å². The number of anilines is 1. The van der Waals surface area contributed by atoms with E-state index in [2.05, 4.69) is 25.6 Å². The lowest BCUT2D eigenvalue weighted by molar-refractivity contribution is 0.241. The number of hydrogen-bond acceptors (Lipinski definition) is 4. The third-order valence-corrected chi connectivity index (χ3v) is 3.64. The fourth-order valence-electron chi connectivity index (χ4n) is 2.22. The van der Waals surface area contributed by atoms with Crippen molar-refractivity contribution < 1.29 is 4.39 Å². The van der Waals surface area contributed by atoms with Crippen LogP contribution in [0.2, 0.25) is 10.3 Å². The normalized spacial score (nSPS) is 23.7. The molecule has 3 N–H and O–H groups in total. The fourth-order valence-corrected chi connectivity index (χ4v) is 2.62. The Morgan fingerprint density at radius 1 is 1.37 bits per heavy atom. The molecule has 2 aromatic rings. The largest absolute Gasteiger partial charge is 0.362 e. The van der Waals surface area contributed by atoms with Gasteiger partial charge in [0.05, 0.1) is 16.5 Å². The summed E-state index contributed by atoms with van der Waals surface area (Å²) in [6.45, 7) is 1.22. The van der Waals surface area contributed by atoms with Crippen LogP contribution in [0.3, 0.4) is 0 Å². The molecule has 8 heteroatoms. The van der Waals surface area contributed by atoms with Gasteiger partial charge in [-0.2, -0.15) is 9.97 Å². The van der Waals surface area contributed by atoms with Crippen LogP contribution in [0.15, 0.2) is 6.20 Å². The Balaban J connectivity index is 1.97. The van der Waals surface area contributed by atoms with Crippen LogP contribution in [0, 0.1) is 0 Å². The molecule has 3 rings (SSSR count). The molecular formula is C11H12Cl2FN5. The number of H-pyrrole nitrogens is 1. The molecule has 0 unspecified atom stereocenters. The zero-order valence-electron chi connectivity index (χ0n) is 9.88. The summed E-state index contributed by atoms with van der Waals surface area (Å²) in [6, 6.07) is -0.353. The number of fused-ring (bicyclic) bond motifs is 1. The highest BCUT2D eigenvalue weighted by atomic mass is 35.5. The van der Waals surface area contributed by atoms with Crippen molar-refractivity contribution in [3.8, 4) is 0 Å². The van der Waals surface area contributed by atoms with Crippen LogP contribution in [-0.2, 0) is 0 Å². The molecule has 1 aliphatic rings. The Hall–Kier alpha value is -1.11. The number of alkyl halides is 1. The van der Waals surface area contributed by atoms with Crippen molar-refractivity contribution in [3.05, 3.63) is 16.5 Å². The Morgan fingerprint density at radius 3 is 3.00 bits per heavy atom. The molecule has 0 aliphatic carbocycles. The first-order valence-electron chi connectivity index (χ1n) is 5.96. The molecule has 0 spiro atoms. The molecular weight excluding hydrogens is 292 g/mol. The first kappa shape index (κ1) is 12.9. The van der Waals surface area contributed by atoms with E-state index in [1.165, 1.54) is 0 Å². The molecule has 3 heterocycles. The molecule has 2 atom stereocenters. The molecule has 1 aliphatic heterocycles. The van der Waals surface area contributed by atoms with E-state index < -0.39 is 6.17 Å². The number of nitrogens with zero attached hydrogens (tertiary/aromatic N) is 2. The number of piperidine rings is 1. The summed E-state index contributed by atoms with van der Waals surface area (Å²) in [5.74, 6) is 0.456. The van der Waals surface area contributed by atoms with E-state index in [4.69, 9.17) is 23.2 Å². The quantitative estimate of drug-likeness (QED) is 0.745. The van der Waals surface area contributed by atoms with Gasteiger partial charge in [0.2, 0.25) is 5.28 Å². The summed E-state index contributed by atoms with van der Waals surface area (Å²) in [7, 11) is 0. The van der Waals surface area contributed by atoms with E-state index >= 15 is 0 Å². The van der Waals surface area contributed by atoms with E-state index in [0.717, 1.165) is 0 Å². The van der Waals surface area contributed by atoms with Gasteiger partial charge in [-0.25, -0.2) is 4.39 Å². The molecule has 5 nitrogen and oxygen atoms in total. The maximum Gasteiger partial charge on any atom is 0.226 e. The lowest BCUT2D eigenvalue weighted by Gasteiger charge is -2.28. The Bertz CT molecular complexity index is 602. The highest BCUT2D eigenvalue weighted by Gasteiger charge is 2.26. The zero-order valence-corrected chi connectivity index (χ0v) is 11.4. The van der Waals surface area contributed by atoms with Gasteiger partial charge in [-0.15, -0.1) is 0 Å². The average Bonchev–Trinajstić information content (AvgIpc) is 2.74. The van der Waals surface area contributed by atoms with Crippen LogP contribution < -0.4 is 10.6 Å². The van der Waals surface area contributed by atoms with E-state index in [9.17, 15) is 4.39 Å². The van der Waals surface area contributed by atoms with Crippen molar-refractivity contribution in [2.24, 2.45) is 0 Å². The minimum Gasteiger partial charge on any atom is -0.362 e. The summed E-state index contributed by atoms with van der Waals surface area (Å²) in [5.41, 5.74) is 0.534. The van der Waals surface area contributed by atoms with Gasteiger partial charge in [-0.05, 0) is 24.6 Å². The minimum absolute atomic E-state index is 0.0905. The van der Waals surface area contributed by atoms with Crippen molar-refractivity contribution in [2.75, 3.05) is 18.4 Å². The molecule has 102 valence electrons. The molecule has 1 fully saturated rings. The Labute approximate surface area is 118 Å². The second-order valence-corrected chi connectivity index (χ2v) is 5.21. The smallest absolute Gasteiger partial charge is 0.226 e. The van der Waals surface area contributed by atoms with Crippen LogP contribution >= 0.6 is 23.2 Å². The standard InChI is InChI=1S/C11H12Cl2FN5/c12-5-3-16-9-8(5)10(19-11(13)18-9)17-7-4-15-2-1-6(7)14/h3,6-7,15H,1-2,4H2,(H2,16,17,18,19)/t6-,7+/m1/s1. The second-order valence-electron chi connectivity index (χ2n) is 4.46. The van der Waals surface area contributed by atoms with E-state index in [-0.39, 0.29) is 11.3 Å². The number of aromatic amines is 1. The summed E-state index contributed by atoms with van der Waals surface area (Å²) >= 11 is 11.9.